The highest BCUT2D eigenvalue weighted by molar-refractivity contribution is 6.30. The van der Waals surface area contributed by atoms with Crippen LogP contribution in [0, 0.1) is 5.92 Å². The maximum atomic E-state index is 12.6. The van der Waals surface area contributed by atoms with E-state index < -0.39 is 17.9 Å². The molecule has 7 heteroatoms. The number of rotatable bonds is 6. The van der Waals surface area contributed by atoms with Gasteiger partial charge in [-0.05, 0) is 50.5 Å². The van der Waals surface area contributed by atoms with Crippen LogP contribution in [0.3, 0.4) is 0 Å². The van der Waals surface area contributed by atoms with E-state index in [1.807, 2.05) is 0 Å². The molecule has 0 saturated carbocycles. The number of carboxylic acids is 1. The highest BCUT2D eigenvalue weighted by Gasteiger charge is 2.31. The fourth-order valence-corrected chi connectivity index (χ4v) is 3.06. The smallest absolute Gasteiger partial charge is 0.326 e. The van der Waals surface area contributed by atoms with E-state index in [2.05, 4.69) is 5.32 Å². The second kappa shape index (κ2) is 9.38. The Hall–Kier alpha value is -2.34. The topological polar surface area (TPSA) is 86.7 Å². The van der Waals surface area contributed by atoms with E-state index in [1.54, 1.807) is 48.2 Å². The SMILES string of the molecule is C/C=C/CC(NC(=O)C1CCCN(C(=O)c2ccc(Cl)cc2)C1)C(=O)O. The number of carbonyl (C=O) groups is 3. The van der Waals surface area contributed by atoms with Gasteiger partial charge in [-0.2, -0.15) is 0 Å². The number of hydrogen-bond acceptors (Lipinski definition) is 3. The van der Waals surface area contributed by atoms with Crippen LogP contribution in [0.2, 0.25) is 5.02 Å². The lowest BCUT2D eigenvalue weighted by atomic mass is 9.96. The Morgan fingerprint density at radius 1 is 1.35 bits per heavy atom. The number of hydrogen-bond donors (Lipinski definition) is 2. The van der Waals surface area contributed by atoms with Crippen LogP contribution in [0.5, 0.6) is 0 Å². The third-order valence-electron chi connectivity index (χ3n) is 4.39. The minimum absolute atomic E-state index is 0.150. The number of amides is 2. The van der Waals surface area contributed by atoms with Gasteiger partial charge in [0, 0.05) is 23.7 Å². The van der Waals surface area contributed by atoms with Crippen molar-refractivity contribution in [3.63, 3.8) is 0 Å². The Morgan fingerprint density at radius 2 is 2.04 bits per heavy atom. The molecule has 1 saturated heterocycles. The minimum atomic E-state index is -1.07. The summed E-state index contributed by atoms with van der Waals surface area (Å²) in [6.07, 6.45) is 5.01. The first-order valence-corrected chi connectivity index (χ1v) is 8.99. The Kier molecular flexibility index (Phi) is 7.21. The Balaban J connectivity index is 2.00. The van der Waals surface area contributed by atoms with Crippen molar-refractivity contribution >= 4 is 29.4 Å². The van der Waals surface area contributed by atoms with Crippen LogP contribution < -0.4 is 5.32 Å². The van der Waals surface area contributed by atoms with Crippen molar-refractivity contribution in [3.8, 4) is 0 Å². The number of carbonyl (C=O) groups excluding carboxylic acids is 2. The van der Waals surface area contributed by atoms with Gasteiger partial charge in [0.05, 0.1) is 5.92 Å². The average molecular weight is 379 g/mol. The van der Waals surface area contributed by atoms with Crippen LogP contribution in [-0.2, 0) is 9.59 Å². The normalized spacial score (nSPS) is 18.5. The Bertz CT molecular complexity index is 687. The maximum absolute atomic E-state index is 12.6. The zero-order valence-electron chi connectivity index (χ0n) is 14.7. The molecule has 0 aromatic heterocycles. The maximum Gasteiger partial charge on any atom is 0.326 e. The molecule has 0 spiro atoms. The predicted octanol–water partition coefficient (Wildman–Crippen LogP) is 2.73. The van der Waals surface area contributed by atoms with E-state index in [4.69, 9.17) is 11.6 Å². The van der Waals surface area contributed by atoms with E-state index in [-0.39, 0.29) is 24.8 Å². The van der Waals surface area contributed by atoms with Crippen molar-refractivity contribution in [3.05, 3.63) is 47.0 Å². The van der Waals surface area contributed by atoms with E-state index in [0.29, 0.717) is 30.0 Å². The molecule has 26 heavy (non-hydrogen) atoms. The lowest BCUT2D eigenvalue weighted by Crippen LogP contribution is -2.49. The number of likely N-dealkylation sites (tertiary alicyclic amines) is 1. The predicted molar refractivity (Wildman–Crippen MR) is 99.1 cm³/mol. The number of aliphatic carboxylic acids is 1. The van der Waals surface area contributed by atoms with Gasteiger partial charge in [-0.1, -0.05) is 23.8 Å². The highest BCUT2D eigenvalue weighted by Crippen LogP contribution is 2.20. The number of nitrogens with zero attached hydrogens (tertiary/aromatic N) is 1. The van der Waals surface area contributed by atoms with Crippen molar-refractivity contribution < 1.29 is 19.5 Å². The molecule has 6 nitrogen and oxygen atoms in total. The first kappa shape index (κ1) is 20.0. The monoisotopic (exact) mass is 378 g/mol. The van der Waals surface area contributed by atoms with Crippen molar-refractivity contribution in [1.29, 1.82) is 0 Å². The molecule has 2 rings (SSSR count). The minimum Gasteiger partial charge on any atom is -0.480 e. The number of benzene rings is 1. The van der Waals surface area contributed by atoms with Crippen LogP contribution in [0.15, 0.2) is 36.4 Å². The van der Waals surface area contributed by atoms with Gasteiger partial charge < -0.3 is 15.3 Å². The molecular formula is C19H23ClN2O4. The second-order valence-corrected chi connectivity index (χ2v) is 6.74. The summed E-state index contributed by atoms with van der Waals surface area (Å²) in [6.45, 7) is 2.65. The van der Waals surface area contributed by atoms with E-state index >= 15 is 0 Å². The van der Waals surface area contributed by atoms with E-state index in [1.165, 1.54) is 0 Å². The van der Waals surface area contributed by atoms with Gasteiger partial charge in [0.2, 0.25) is 5.91 Å². The lowest BCUT2D eigenvalue weighted by Gasteiger charge is -2.32. The van der Waals surface area contributed by atoms with Gasteiger partial charge in [-0.3, -0.25) is 9.59 Å². The summed E-state index contributed by atoms with van der Waals surface area (Å²) in [5, 5.41) is 12.4. The third-order valence-corrected chi connectivity index (χ3v) is 4.64. The van der Waals surface area contributed by atoms with Crippen LogP contribution >= 0.6 is 11.6 Å². The third kappa shape index (κ3) is 5.33. The molecule has 1 aliphatic heterocycles. The fraction of sp³-hybridized carbons (Fsp3) is 0.421. The van der Waals surface area contributed by atoms with Crippen molar-refractivity contribution in [2.75, 3.05) is 13.1 Å². The van der Waals surface area contributed by atoms with Crippen LogP contribution in [0.25, 0.3) is 0 Å². The molecule has 1 aromatic rings. The van der Waals surface area contributed by atoms with E-state index in [9.17, 15) is 19.5 Å². The molecule has 2 atom stereocenters. The molecule has 2 unspecified atom stereocenters. The molecule has 1 fully saturated rings. The van der Waals surface area contributed by atoms with Crippen molar-refractivity contribution in [2.24, 2.45) is 5.92 Å². The van der Waals surface area contributed by atoms with Crippen LogP contribution in [0.1, 0.15) is 36.5 Å². The zero-order chi connectivity index (χ0) is 19.1. The molecule has 1 aliphatic rings. The van der Waals surface area contributed by atoms with E-state index in [0.717, 1.165) is 0 Å². The summed E-state index contributed by atoms with van der Waals surface area (Å²) in [5.41, 5.74) is 0.520. The highest BCUT2D eigenvalue weighted by atomic mass is 35.5. The first-order chi connectivity index (χ1) is 12.4. The molecular weight excluding hydrogens is 356 g/mol. The number of halogens is 1. The summed E-state index contributed by atoms with van der Waals surface area (Å²) >= 11 is 5.85. The zero-order valence-corrected chi connectivity index (χ0v) is 15.4. The van der Waals surface area contributed by atoms with Crippen molar-refractivity contribution in [2.45, 2.75) is 32.2 Å². The summed E-state index contributed by atoms with van der Waals surface area (Å²) in [7, 11) is 0. The first-order valence-electron chi connectivity index (χ1n) is 8.61. The van der Waals surface area contributed by atoms with Gasteiger partial charge in [-0.25, -0.2) is 4.79 Å². The Labute approximate surface area is 157 Å². The molecule has 2 N–H and O–H groups in total. The largest absolute Gasteiger partial charge is 0.480 e. The van der Waals surface area contributed by atoms with Crippen molar-refractivity contribution in [1.82, 2.24) is 10.2 Å². The van der Waals surface area contributed by atoms with Gasteiger partial charge >= 0.3 is 5.97 Å². The lowest BCUT2D eigenvalue weighted by molar-refractivity contribution is -0.142. The number of piperidine rings is 1. The molecule has 140 valence electrons. The summed E-state index contributed by atoms with van der Waals surface area (Å²) in [6, 6.07) is 5.67. The van der Waals surface area contributed by atoms with Gasteiger partial charge in [0.1, 0.15) is 6.04 Å². The molecule has 0 radical (unpaired) electrons. The molecule has 0 bridgehead atoms. The summed E-state index contributed by atoms with van der Waals surface area (Å²) < 4.78 is 0. The van der Waals surface area contributed by atoms with Gasteiger partial charge in [-0.15, -0.1) is 0 Å². The number of carboxylic acid groups (broad SMARTS) is 1. The van der Waals surface area contributed by atoms with Crippen LogP contribution in [0.4, 0.5) is 0 Å². The standard InChI is InChI=1S/C19H23ClN2O4/c1-2-3-6-16(19(25)26)21-17(23)14-5-4-11-22(12-14)18(24)13-7-9-15(20)10-8-13/h2-3,7-10,14,16H,4-6,11-12H2,1H3,(H,21,23)(H,25,26)/b3-2+. The van der Waals surface area contributed by atoms with Crippen LogP contribution in [-0.4, -0.2) is 46.9 Å². The van der Waals surface area contributed by atoms with Gasteiger partial charge in [0.15, 0.2) is 0 Å². The number of allylic oxidation sites excluding steroid dienone is 1. The molecule has 1 heterocycles. The fourth-order valence-electron chi connectivity index (χ4n) is 2.93. The summed E-state index contributed by atoms with van der Waals surface area (Å²) in [4.78, 5) is 38.0. The average Bonchev–Trinajstić information content (AvgIpc) is 2.64. The Morgan fingerprint density at radius 3 is 2.65 bits per heavy atom. The quantitative estimate of drug-likeness (QED) is 0.745. The van der Waals surface area contributed by atoms with Gasteiger partial charge in [0.25, 0.3) is 5.91 Å². The number of nitrogens with one attached hydrogen (secondary N) is 1. The summed E-state index contributed by atoms with van der Waals surface area (Å²) in [5.74, 6) is -1.95. The molecule has 1 aromatic carbocycles. The molecule has 2 amide bonds. The molecule has 0 aliphatic carbocycles. The second-order valence-electron chi connectivity index (χ2n) is 6.30.